The Hall–Kier alpha value is -0.900. The molecule has 3 nitrogen and oxygen atoms in total. The van der Waals surface area contributed by atoms with Gasteiger partial charge in [-0.05, 0) is 25.5 Å². The minimum atomic E-state index is -0.453. The van der Waals surface area contributed by atoms with E-state index < -0.39 is 6.10 Å². The van der Waals surface area contributed by atoms with Crippen molar-refractivity contribution in [2.75, 3.05) is 20.3 Å². The number of benzene rings is 1. The average Bonchev–Trinajstić information content (AvgIpc) is 2.45. The quantitative estimate of drug-likeness (QED) is 0.784. The van der Waals surface area contributed by atoms with Gasteiger partial charge in [-0.3, -0.25) is 4.90 Å². The van der Waals surface area contributed by atoms with Crippen molar-refractivity contribution in [1.29, 1.82) is 0 Å². The molecule has 1 N–H and O–H groups in total. The van der Waals surface area contributed by atoms with Crippen molar-refractivity contribution in [1.82, 2.24) is 4.90 Å². The number of aliphatic hydroxyl groups is 1. The average molecular weight is 265 g/mol. The van der Waals surface area contributed by atoms with E-state index in [1.54, 1.807) is 7.11 Å². The molecule has 0 aliphatic carbocycles. The number of likely N-dealkylation sites (N-methyl/N-ethyl adjacent to an activating group) is 1. The molecule has 0 bridgehead atoms. The number of hydrogen-bond acceptors (Lipinski definition) is 3. The van der Waals surface area contributed by atoms with E-state index in [-0.39, 0.29) is 6.04 Å². The van der Waals surface area contributed by atoms with Crippen molar-refractivity contribution in [3.8, 4) is 0 Å². The highest BCUT2D eigenvalue weighted by Crippen LogP contribution is 2.24. The molecule has 0 aliphatic rings. The number of aliphatic hydroxyl groups excluding tert-OH is 1. The third-order valence-electron chi connectivity index (χ3n) is 3.69. The fourth-order valence-corrected chi connectivity index (χ4v) is 2.72. The zero-order valence-corrected chi connectivity index (χ0v) is 12.5. The van der Waals surface area contributed by atoms with E-state index in [2.05, 4.69) is 25.7 Å². The van der Waals surface area contributed by atoms with Crippen LogP contribution in [0.25, 0.3) is 0 Å². The summed E-state index contributed by atoms with van der Waals surface area (Å²) in [6, 6.07) is 10.3. The number of nitrogens with zero attached hydrogens (tertiary/aromatic N) is 1. The second-order valence-corrected chi connectivity index (χ2v) is 4.97. The summed E-state index contributed by atoms with van der Waals surface area (Å²) in [6.45, 7) is 8.00. The molecule has 1 aromatic rings. The zero-order valence-electron chi connectivity index (χ0n) is 12.5. The number of rotatable bonds is 8. The van der Waals surface area contributed by atoms with Crippen molar-refractivity contribution >= 4 is 0 Å². The first-order chi connectivity index (χ1) is 9.15. The van der Waals surface area contributed by atoms with Gasteiger partial charge in [-0.15, -0.1) is 0 Å². The first-order valence-corrected chi connectivity index (χ1v) is 7.13. The molecule has 0 amide bonds. The van der Waals surface area contributed by atoms with Crippen molar-refractivity contribution < 1.29 is 9.84 Å². The number of ether oxygens (including phenoxy) is 1. The standard InChI is InChI=1S/C16H27NO2/c1-5-15(17(6-2)13(3)12-19-4)16(18)14-10-8-7-9-11-14/h7-11,13,15-16,18H,5-6,12H2,1-4H3. The van der Waals surface area contributed by atoms with Crippen LogP contribution in [0.3, 0.4) is 0 Å². The van der Waals surface area contributed by atoms with Gasteiger partial charge in [-0.25, -0.2) is 0 Å². The van der Waals surface area contributed by atoms with Crippen LogP contribution in [0.4, 0.5) is 0 Å². The van der Waals surface area contributed by atoms with E-state index in [0.29, 0.717) is 12.6 Å². The summed E-state index contributed by atoms with van der Waals surface area (Å²) in [5.41, 5.74) is 0.984. The molecule has 0 fully saturated rings. The van der Waals surface area contributed by atoms with E-state index in [1.807, 2.05) is 30.3 Å². The van der Waals surface area contributed by atoms with Gasteiger partial charge in [0.05, 0.1) is 12.7 Å². The SMILES string of the molecule is CCC(C(O)c1ccccc1)N(CC)C(C)COC. The summed E-state index contributed by atoms with van der Waals surface area (Å²) in [6.07, 6.45) is 0.461. The Bertz CT molecular complexity index is 342. The van der Waals surface area contributed by atoms with Crippen molar-refractivity contribution in [3.63, 3.8) is 0 Å². The largest absolute Gasteiger partial charge is 0.387 e. The molecule has 0 heterocycles. The summed E-state index contributed by atoms with van der Waals surface area (Å²) in [5.74, 6) is 0. The molecule has 0 saturated carbocycles. The lowest BCUT2D eigenvalue weighted by Gasteiger charge is -2.37. The molecule has 3 unspecified atom stereocenters. The van der Waals surface area contributed by atoms with E-state index >= 15 is 0 Å². The van der Waals surface area contributed by atoms with Gasteiger partial charge in [-0.2, -0.15) is 0 Å². The predicted molar refractivity (Wildman–Crippen MR) is 79.2 cm³/mol. The first-order valence-electron chi connectivity index (χ1n) is 7.13. The highest BCUT2D eigenvalue weighted by Gasteiger charge is 2.27. The van der Waals surface area contributed by atoms with Gasteiger partial charge >= 0.3 is 0 Å². The summed E-state index contributed by atoms with van der Waals surface area (Å²) in [4.78, 5) is 2.32. The normalized spacial score (nSPS) is 16.3. The summed E-state index contributed by atoms with van der Waals surface area (Å²) >= 11 is 0. The molecular weight excluding hydrogens is 238 g/mol. The Morgan fingerprint density at radius 1 is 1.21 bits per heavy atom. The maximum absolute atomic E-state index is 10.6. The molecule has 1 rings (SSSR count). The van der Waals surface area contributed by atoms with Crippen molar-refractivity contribution in [2.24, 2.45) is 0 Å². The fourth-order valence-electron chi connectivity index (χ4n) is 2.72. The highest BCUT2D eigenvalue weighted by atomic mass is 16.5. The lowest BCUT2D eigenvalue weighted by atomic mass is 9.97. The number of methoxy groups -OCH3 is 1. The first kappa shape index (κ1) is 16.2. The molecule has 3 heteroatoms. The van der Waals surface area contributed by atoms with Crippen LogP contribution in [0.1, 0.15) is 38.9 Å². The van der Waals surface area contributed by atoms with Crippen LogP contribution in [-0.2, 0) is 4.74 Å². The second kappa shape index (κ2) is 8.31. The lowest BCUT2D eigenvalue weighted by Crippen LogP contribution is -2.46. The van der Waals surface area contributed by atoms with Crippen molar-refractivity contribution in [2.45, 2.75) is 45.4 Å². The van der Waals surface area contributed by atoms with Crippen LogP contribution in [0.2, 0.25) is 0 Å². The molecule has 1 aromatic carbocycles. The van der Waals surface area contributed by atoms with Crippen molar-refractivity contribution in [3.05, 3.63) is 35.9 Å². The summed E-state index contributed by atoms with van der Waals surface area (Å²) in [5, 5.41) is 10.6. The van der Waals surface area contributed by atoms with Crippen LogP contribution in [0.5, 0.6) is 0 Å². The smallest absolute Gasteiger partial charge is 0.0945 e. The van der Waals surface area contributed by atoms with Gasteiger partial charge < -0.3 is 9.84 Å². The molecule has 0 radical (unpaired) electrons. The molecule has 0 spiro atoms. The molecule has 0 aromatic heterocycles. The highest BCUT2D eigenvalue weighted by molar-refractivity contribution is 5.19. The topological polar surface area (TPSA) is 32.7 Å². The maximum atomic E-state index is 10.6. The van der Waals surface area contributed by atoms with Gasteiger partial charge in [0.25, 0.3) is 0 Å². The molecule has 19 heavy (non-hydrogen) atoms. The maximum Gasteiger partial charge on any atom is 0.0945 e. The van der Waals surface area contributed by atoms with E-state index in [0.717, 1.165) is 18.5 Å². The number of hydrogen-bond donors (Lipinski definition) is 1. The van der Waals surface area contributed by atoms with E-state index in [1.165, 1.54) is 0 Å². The second-order valence-electron chi connectivity index (χ2n) is 4.97. The summed E-state index contributed by atoms with van der Waals surface area (Å²) < 4.78 is 5.24. The molecule has 0 aliphatic heterocycles. The molecule has 0 saturated heterocycles. The fraction of sp³-hybridized carbons (Fsp3) is 0.625. The molecule has 108 valence electrons. The molecule has 3 atom stereocenters. The van der Waals surface area contributed by atoms with Crippen LogP contribution in [0.15, 0.2) is 30.3 Å². The predicted octanol–water partition coefficient (Wildman–Crippen LogP) is 2.86. The van der Waals surface area contributed by atoms with Crippen LogP contribution in [0, 0.1) is 0 Å². The third-order valence-corrected chi connectivity index (χ3v) is 3.69. The van der Waals surface area contributed by atoms with Gasteiger partial charge in [0.15, 0.2) is 0 Å². The minimum Gasteiger partial charge on any atom is -0.387 e. The van der Waals surface area contributed by atoms with Gasteiger partial charge in [0.1, 0.15) is 0 Å². The Labute approximate surface area is 117 Å². The Morgan fingerprint density at radius 3 is 2.32 bits per heavy atom. The molecular formula is C16H27NO2. The van der Waals surface area contributed by atoms with Crippen LogP contribution in [-0.4, -0.2) is 42.4 Å². The summed E-state index contributed by atoms with van der Waals surface area (Å²) in [7, 11) is 1.72. The lowest BCUT2D eigenvalue weighted by molar-refractivity contribution is 0.00511. The monoisotopic (exact) mass is 265 g/mol. The van der Waals surface area contributed by atoms with E-state index in [4.69, 9.17) is 4.74 Å². The zero-order chi connectivity index (χ0) is 14.3. The Kier molecular flexibility index (Phi) is 7.06. The van der Waals surface area contributed by atoms with Crippen LogP contribution < -0.4 is 0 Å². The minimum absolute atomic E-state index is 0.123. The van der Waals surface area contributed by atoms with E-state index in [9.17, 15) is 5.11 Å². The van der Waals surface area contributed by atoms with Gasteiger partial charge in [0.2, 0.25) is 0 Å². The Balaban J connectivity index is 2.85. The van der Waals surface area contributed by atoms with Gasteiger partial charge in [0, 0.05) is 19.2 Å². The third kappa shape index (κ3) is 4.30. The van der Waals surface area contributed by atoms with Crippen LogP contribution >= 0.6 is 0 Å². The van der Waals surface area contributed by atoms with Gasteiger partial charge in [-0.1, -0.05) is 44.2 Å². The Morgan fingerprint density at radius 2 is 1.84 bits per heavy atom.